The van der Waals surface area contributed by atoms with Crippen molar-refractivity contribution in [3.8, 4) is 0 Å². The zero-order valence-electron chi connectivity index (χ0n) is 15.3. The third-order valence-corrected chi connectivity index (χ3v) is 7.62. The van der Waals surface area contributed by atoms with Gasteiger partial charge in [0.2, 0.25) is 11.8 Å². The van der Waals surface area contributed by atoms with Crippen molar-refractivity contribution in [2.24, 2.45) is 5.41 Å². The molecule has 0 radical (unpaired) electrons. The fourth-order valence-corrected chi connectivity index (χ4v) is 5.68. The fraction of sp³-hybridized carbons (Fsp3) is 0.579. The number of piperazine rings is 1. The van der Waals surface area contributed by atoms with Crippen LogP contribution < -0.4 is 10.2 Å². The molecule has 2 amide bonds. The van der Waals surface area contributed by atoms with Crippen LogP contribution >= 0.6 is 0 Å². The Hall–Kier alpha value is -2.09. The summed E-state index contributed by atoms with van der Waals surface area (Å²) < 4.78 is 23.2. The van der Waals surface area contributed by atoms with Crippen LogP contribution in [0.1, 0.15) is 19.3 Å². The number of sulfone groups is 1. The molecule has 27 heavy (non-hydrogen) atoms. The molecule has 1 aromatic rings. The van der Waals surface area contributed by atoms with Gasteiger partial charge < -0.3 is 15.1 Å². The van der Waals surface area contributed by atoms with Crippen LogP contribution in [0.2, 0.25) is 0 Å². The molecular weight excluding hydrogens is 366 g/mol. The van der Waals surface area contributed by atoms with Gasteiger partial charge in [0, 0.05) is 37.9 Å². The van der Waals surface area contributed by atoms with Gasteiger partial charge in [-0.1, -0.05) is 18.2 Å². The number of rotatable bonds is 4. The summed E-state index contributed by atoms with van der Waals surface area (Å²) in [5.74, 6) is -0.298. The summed E-state index contributed by atoms with van der Waals surface area (Å²) in [5.41, 5.74) is 0.173. The molecule has 1 saturated carbocycles. The van der Waals surface area contributed by atoms with Gasteiger partial charge in [-0.2, -0.15) is 0 Å². The van der Waals surface area contributed by atoms with Gasteiger partial charge in [-0.25, -0.2) is 8.42 Å². The standard InChI is InChI=1S/C19H25N3O4S/c23-17(20-15-6-13-27(25,26)14-15)19(7-8-19)18(24)22-11-9-21(10-12-22)16-4-2-1-3-5-16/h1-5,15H,6-14H2,(H,20,23). The SMILES string of the molecule is O=C(NC1CCS(=O)(=O)C1)C1(C(=O)N2CCN(c3ccccc3)CC2)CC1. The second kappa shape index (κ2) is 6.82. The van der Waals surface area contributed by atoms with Crippen LogP contribution in [0.5, 0.6) is 0 Å². The van der Waals surface area contributed by atoms with E-state index in [1.807, 2.05) is 18.2 Å². The lowest BCUT2D eigenvalue weighted by molar-refractivity contribution is -0.144. The second-order valence-corrected chi connectivity index (χ2v) is 10.00. The monoisotopic (exact) mass is 391 g/mol. The summed E-state index contributed by atoms with van der Waals surface area (Å²) in [7, 11) is -3.05. The summed E-state index contributed by atoms with van der Waals surface area (Å²) in [6, 6.07) is 9.74. The Labute approximate surface area is 159 Å². The van der Waals surface area contributed by atoms with Crippen LogP contribution in [0.4, 0.5) is 5.69 Å². The number of para-hydroxylation sites is 1. The van der Waals surface area contributed by atoms with Crippen molar-refractivity contribution >= 4 is 27.3 Å². The lowest BCUT2D eigenvalue weighted by Gasteiger charge is -2.37. The molecular formula is C19H25N3O4S. The first-order valence-corrected chi connectivity index (χ1v) is 11.3. The lowest BCUT2D eigenvalue weighted by atomic mass is 10.0. The van der Waals surface area contributed by atoms with Crippen LogP contribution in [0.3, 0.4) is 0 Å². The van der Waals surface area contributed by atoms with E-state index in [0.717, 1.165) is 18.8 Å². The predicted octanol–water partition coefficient (Wildman–Crippen LogP) is 0.419. The van der Waals surface area contributed by atoms with E-state index in [-0.39, 0.29) is 29.4 Å². The highest BCUT2D eigenvalue weighted by Crippen LogP contribution is 2.48. The zero-order chi connectivity index (χ0) is 19.1. The molecule has 1 unspecified atom stereocenters. The number of benzene rings is 1. The van der Waals surface area contributed by atoms with E-state index in [2.05, 4.69) is 22.3 Å². The Morgan fingerprint density at radius 2 is 1.70 bits per heavy atom. The summed E-state index contributed by atoms with van der Waals surface area (Å²) in [4.78, 5) is 29.7. The fourth-order valence-electron chi connectivity index (χ4n) is 4.00. The molecule has 1 N–H and O–H groups in total. The van der Waals surface area contributed by atoms with Gasteiger partial charge >= 0.3 is 0 Å². The van der Waals surface area contributed by atoms with Crippen molar-refractivity contribution in [1.29, 1.82) is 0 Å². The summed E-state index contributed by atoms with van der Waals surface area (Å²) >= 11 is 0. The van der Waals surface area contributed by atoms with E-state index in [1.165, 1.54) is 0 Å². The minimum atomic E-state index is -3.05. The minimum absolute atomic E-state index is 0.0151. The Morgan fingerprint density at radius 1 is 1.04 bits per heavy atom. The van der Waals surface area contributed by atoms with Crippen molar-refractivity contribution in [1.82, 2.24) is 10.2 Å². The third-order valence-electron chi connectivity index (χ3n) is 5.85. The van der Waals surface area contributed by atoms with Crippen molar-refractivity contribution in [3.63, 3.8) is 0 Å². The normalized spacial score (nSPS) is 25.9. The molecule has 8 heteroatoms. The predicted molar refractivity (Wildman–Crippen MR) is 102 cm³/mol. The quantitative estimate of drug-likeness (QED) is 0.752. The van der Waals surface area contributed by atoms with E-state index in [9.17, 15) is 18.0 Å². The molecule has 0 spiro atoms. The smallest absolute Gasteiger partial charge is 0.238 e. The van der Waals surface area contributed by atoms with Gasteiger partial charge in [0.15, 0.2) is 9.84 Å². The molecule has 2 heterocycles. The first-order valence-electron chi connectivity index (χ1n) is 9.50. The molecule has 0 aromatic heterocycles. The molecule has 1 aliphatic carbocycles. The van der Waals surface area contributed by atoms with Gasteiger partial charge in [-0.15, -0.1) is 0 Å². The Kier molecular flexibility index (Phi) is 4.61. The number of nitrogens with one attached hydrogen (secondary N) is 1. The lowest BCUT2D eigenvalue weighted by Crippen LogP contribution is -2.54. The van der Waals surface area contributed by atoms with Gasteiger partial charge in [-0.05, 0) is 31.4 Å². The highest BCUT2D eigenvalue weighted by Gasteiger charge is 2.58. The van der Waals surface area contributed by atoms with Gasteiger partial charge in [0.05, 0.1) is 11.5 Å². The summed E-state index contributed by atoms with van der Waals surface area (Å²) in [5, 5.41) is 2.82. The maximum absolute atomic E-state index is 13.0. The van der Waals surface area contributed by atoms with E-state index in [0.29, 0.717) is 32.4 Å². The number of carbonyl (C=O) groups is 2. The average Bonchev–Trinajstić information content (AvgIpc) is 3.42. The Balaban J connectivity index is 1.35. The van der Waals surface area contributed by atoms with E-state index in [1.54, 1.807) is 4.90 Å². The molecule has 3 fully saturated rings. The van der Waals surface area contributed by atoms with Crippen LogP contribution in [-0.4, -0.2) is 68.9 Å². The molecule has 4 rings (SSSR count). The van der Waals surface area contributed by atoms with Crippen LogP contribution in [0.15, 0.2) is 30.3 Å². The van der Waals surface area contributed by atoms with Gasteiger partial charge in [0.1, 0.15) is 5.41 Å². The maximum Gasteiger partial charge on any atom is 0.238 e. The number of hydrogen-bond donors (Lipinski definition) is 1. The topological polar surface area (TPSA) is 86.8 Å². The molecule has 146 valence electrons. The third kappa shape index (κ3) is 3.67. The van der Waals surface area contributed by atoms with Crippen molar-refractivity contribution in [2.75, 3.05) is 42.6 Å². The largest absolute Gasteiger partial charge is 0.368 e. The molecule has 2 saturated heterocycles. The van der Waals surface area contributed by atoms with E-state index in [4.69, 9.17) is 0 Å². The molecule has 2 aliphatic heterocycles. The number of amides is 2. The van der Waals surface area contributed by atoms with E-state index < -0.39 is 15.3 Å². The van der Waals surface area contributed by atoms with Crippen LogP contribution in [0.25, 0.3) is 0 Å². The minimum Gasteiger partial charge on any atom is -0.368 e. The van der Waals surface area contributed by atoms with Gasteiger partial charge in [0.25, 0.3) is 0 Å². The molecule has 0 bridgehead atoms. The molecule has 3 aliphatic rings. The van der Waals surface area contributed by atoms with Crippen molar-refractivity contribution in [3.05, 3.63) is 30.3 Å². The summed E-state index contributed by atoms with van der Waals surface area (Å²) in [6.45, 7) is 2.68. The van der Waals surface area contributed by atoms with E-state index >= 15 is 0 Å². The molecule has 1 aromatic carbocycles. The van der Waals surface area contributed by atoms with Crippen molar-refractivity contribution in [2.45, 2.75) is 25.3 Å². The highest BCUT2D eigenvalue weighted by atomic mass is 32.2. The first-order chi connectivity index (χ1) is 12.9. The number of anilines is 1. The average molecular weight is 391 g/mol. The highest BCUT2D eigenvalue weighted by molar-refractivity contribution is 7.91. The van der Waals surface area contributed by atoms with Crippen LogP contribution in [0, 0.1) is 5.41 Å². The Bertz CT molecular complexity index is 828. The number of hydrogen-bond acceptors (Lipinski definition) is 5. The Morgan fingerprint density at radius 3 is 2.26 bits per heavy atom. The zero-order valence-corrected chi connectivity index (χ0v) is 16.1. The number of carbonyl (C=O) groups excluding carboxylic acids is 2. The molecule has 1 atom stereocenters. The summed E-state index contributed by atoms with van der Waals surface area (Å²) in [6.07, 6.45) is 1.54. The second-order valence-electron chi connectivity index (χ2n) is 7.77. The number of nitrogens with zero attached hydrogens (tertiary/aromatic N) is 2. The first kappa shape index (κ1) is 18.3. The maximum atomic E-state index is 13.0. The van der Waals surface area contributed by atoms with Gasteiger partial charge in [-0.3, -0.25) is 9.59 Å². The van der Waals surface area contributed by atoms with Crippen molar-refractivity contribution < 1.29 is 18.0 Å². The molecule has 7 nitrogen and oxygen atoms in total. The van der Waals surface area contributed by atoms with Crippen LogP contribution in [-0.2, 0) is 19.4 Å².